The lowest BCUT2D eigenvalue weighted by molar-refractivity contribution is 0.660. The monoisotopic (exact) mass is 542 g/mol. The highest BCUT2D eigenvalue weighted by atomic mass is 15.2. The molecular formula is C40H34N2. The van der Waals surface area contributed by atoms with Gasteiger partial charge in [0.15, 0.2) is 0 Å². The molecule has 0 atom stereocenters. The van der Waals surface area contributed by atoms with Crippen LogP contribution in [0.1, 0.15) is 30.5 Å². The Morgan fingerprint density at radius 1 is 0.405 bits per heavy atom. The van der Waals surface area contributed by atoms with Crippen LogP contribution in [-0.4, -0.2) is 0 Å². The molecule has 204 valence electrons. The van der Waals surface area contributed by atoms with Gasteiger partial charge in [0, 0.05) is 33.9 Å². The highest BCUT2D eigenvalue weighted by Gasteiger charge is 2.35. The molecule has 0 heterocycles. The SMILES string of the molecule is Cc1ccc(N(c2ccccc2)c2ccc3c(c2)-c2ccccc2C3(C)C)cc1N(c1ccccc1)c1ccccc1. The van der Waals surface area contributed by atoms with E-state index < -0.39 is 0 Å². The first-order chi connectivity index (χ1) is 20.5. The van der Waals surface area contributed by atoms with E-state index in [-0.39, 0.29) is 5.41 Å². The Morgan fingerprint density at radius 2 is 0.881 bits per heavy atom. The van der Waals surface area contributed by atoms with Gasteiger partial charge in [-0.05, 0) is 95.4 Å². The van der Waals surface area contributed by atoms with Gasteiger partial charge in [-0.25, -0.2) is 0 Å². The lowest BCUT2D eigenvalue weighted by Gasteiger charge is -2.31. The molecule has 0 amide bonds. The third kappa shape index (κ3) is 4.37. The van der Waals surface area contributed by atoms with Crippen LogP contribution in [0, 0.1) is 6.92 Å². The Kier molecular flexibility index (Phi) is 6.40. The van der Waals surface area contributed by atoms with Crippen molar-refractivity contribution < 1.29 is 0 Å². The van der Waals surface area contributed by atoms with Crippen LogP contribution in [0.25, 0.3) is 11.1 Å². The topological polar surface area (TPSA) is 6.48 Å². The second-order valence-corrected chi connectivity index (χ2v) is 11.5. The van der Waals surface area contributed by atoms with Crippen molar-refractivity contribution in [2.45, 2.75) is 26.2 Å². The fourth-order valence-corrected chi connectivity index (χ4v) is 6.43. The minimum absolute atomic E-state index is 0.0229. The lowest BCUT2D eigenvalue weighted by atomic mass is 9.82. The van der Waals surface area contributed by atoms with Crippen molar-refractivity contribution in [2.75, 3.05) is 9.80 Å². The maximum absolute atomic E-state index is 2.38. The molecule has 1 aliphatic rings. The Bertz CT molecular complexity index is 1820. The minimum Gasteiger partial charge on any atom is -0.310 e. The fraction of sp³-hybridized carbons (Fsp3) is 0.100. The molecule has 0 aliphatic heterocycles. The Labute approximate surface area is 249 Å². The van der Waals surface area contributed by atoms with Gasteiger partial charge in [-0.1, -0.05) is 105 Å². The molecule has 42 heavy (non-hydrogen) atoms. The summed E-state index contributed by atoms with van der Waals surface area (Å²) in [4.78, 5) is 4.73. The maximum atomic E-state index is 2.38. The van der Waals surface area contributed by atoms with Crippen molar-refractivity contribution in [1.82, 2.24) is 0 Å². The Hall–Kier alpha value is -5.08. The van der Waals surface area contributed by atoms with Crippen LogP contribution in [0.5, 0.6) is 0 Å². The van der Waals surface area contributed by atoms with E-state index in [2.05, 4.69) is 182 Å². The number of para-hydroxylation sites is 3. The van der Waals surface area contributed by atoms with Crippen molar-refractivity contribution in [3.05, 3.63) is 168 Å². The fourth-order valence-electron chi connectivity index (χ4n) is 6.43. The van der Waals surface area contributed by atoms with Crippen LogP contribution in [0.3, 0.4) is 0 Å². The zero-order valence-corrected chi connectivity index (χ0v) is 24.3. The summed E-state index contributed by atoms with van der Waals surface area (Å²) in [6, 6.07) is 54.6. The number of benzene rings is 6. The number of nitrogens with zero attached hydrogens (tertiary/aromatic N) is 2. The predicted molar refractivity (Wildman–Crippen MR) is 178 cm³/mol. The van der Waals surface area contributed by atoms with Gasteiger partial charge in [-0.3, -0.25) is 0 Å². The molecule has 0 unspecified atom stereocenters. The average molecular weight is 543 g/mol. The molecule has 2 heteroatoms. The van der Waals surface area contributed by atoms with Crippen LogP contribution in [0.2, 0.25) is 0 Å². The van der Waals surface area contributed by atoms with E-state index in [1.165, 1.54) is 27.8 Å². The van der Waals surface area contributed by atoms with Gasteiger partial charge in [-0.15, -0.1) is 0 Å². The molecule has 7 rings (SSSR count). The van der Waals surface area contributed by atoms with Gasteiger partial charge in [0.05, 0.1) is 5.69 Å². The number of rotatable bonds is 6. The second-order valence-electron chi connectivity index (χ2n) is 11.5. The normalized spacial score (nSPS) is 12.8. The number of anilines is 6. The van der Waals surface area contributed by atoms with Crippen LogP contribution in [-0.2, 0) is 5.41 Å². The Balaban J connectivity index is 1.42. The Morgan fingerprint density at radius 3 is 1.50 bits per heavy atom. The second kappa shape index (κ2) is 10.4. The molecule has 0 saturated heterocycles. The van der Waals surface area contributed by atoms with Gasteiger partial charge in [0.25, 0.3) is 0 Å². The smallest absolute Gasteiger partial charge is 0.0511 e. The molecular weight excluding hydrogens is 508 g/mol. The van der Waals surface area contributed by atoms with E-state index >= 15 is 0 Å². The molecule has 0 bridgehead atoms. The molecule has 0 radical (unpaired) electrons. The highest BCUT2D eigenvalue weighted by Crippen LogP contribution is 2.51. The van der Waals surface area contributed by atoms with Crippen molar-refractivity contribution in [2.24, 2.45) is 0 Å². The number of fused-ring (bicyclic) bond motifs is 3. The van der Waals surface area contributed by atoms with E-state index in [9.17, 15) is 0 Å². The third-order valence-electron chi connectivity index (χ3n) is 8.56. The standard InChI is InChI=1S/C40H34N2/c1-29-23-24-34(28-39(29)42(31-17-9-5-10-18-31)32-19-11-6-12-20-32)41(30-15-7-4-8-16-30)33-25-26-38-36(27-33)35-21-13-14-22-37(35)40(38,2)3/h4-28H,1-3H3. The zero-order chi connectivity index (χ0) is 28.7. The van der Waals surface area contributed by atoms with E-state index in [4.69, 9.17) is 0 Å². The van der Waals surface area contributed by atoms with Gasteiger partial charge in [0.1, 0.15) is 0 Å². The number of aryl methyl sites for hydroxylation is 1. The van der Waals surface area contributed by atoms with Crippen molar-refractivity contribution in [1.29, 1.82) is 0 Å². The molecule has 0 N–H and O–H groups in total. The van der Waals surface area contributed by atoms with Crippen molar-refractivity contribution in [3.8, 4) is 11.1 Å². The van der Waals surface area contributed by atoms with Crippen molar-refractivity contribution >= 4 is 34.1 Å². The van der Waals surface area contributed by atoms with E-state index in [0.717, 1.165) is 34.1 Å². The van der Waals surface area contributed by atoms with E-state index in [1.54, 1.807) is 0 Å². The van der Waals surface area contributed by atoms with Gasteiger partial charge in [-0.2, -0.15) is 0 Å². The summed E-state index contributed by atoms with van der Waals surface area (Å²) in [6.45, 7) is 6.86. The largest absolute Gasteiger partial charge is 0.310 e. The molecule has 0 saturated carbocycles. The zero-order valence-electron chi connectivity index (χ0n) is 24.3. The summed E-state index contributed by atoms with van der Waals surface area (Å²) in [7, 11) is 0. The third-order valence-corrected chi connectivity index (χ3v) is 8.56. The average Bonchev–Trinajstić information content (AvgIpc) is 3.26. The summed E-state index contributed by atoms with van der Waals surface area (Å²) >= 11 is 0. The molecule has 0 fully saturated rings. The summed E-state index contributed by atoms with van der Waals surface area (Å²) in [5.41, 5.74) is 13.4. The molecule has 1 aliphatic carbocycles. The van der Waals surface area contributed by atoms with E-state index in [0.29, 0.717) is 0 Å². The summed E-state index contributed by atoms with van der Waals surface area (Å²) in [5, 5.41) is 0. The number of hydrogen-bond acceptors (Lipinski definition) is 2. The van der Waals surface area contributed by atoms with Crippen LogP contribution in [0.4, 0.5) is 34.1 Å². The predicted octanol–water partition coefficient (Wildman–Crippen LogP) is 11.2. The molecule has 6 aromatic carbocycles. The molecule has 2 nitrogen and oxygen atoms in total. The molecule has 6 aromatic rings. The van der Waals surface area contributed by atoms with Crippen molar-refractivity contribution in [3.63, 3.8) is 0 Å². The van der Waals surface area contributed by atoms with E-state index in [1.807, 2.05) is 0 Å². The molecule has 0 spiro atoms. The first-order valence-electron chi connectivity index (χ1n) is 14.6. The first kappa shape index (κ1) is 25.9. The highest BCUT2D eigenvalue weighted by molar-refractivity contribution is 5.88. The summed E-state index contributed by atoms with van der Waals surface area (Å²) in [6.07, 6.45) is 0. The van der Waals surface area contributed by atoms with Gasteiger partial charge in [0.2, 0.25) is 0 Å². The maximum Gasteiger partial charge on any atom is 0.0511 e. The quantitative estimate of drug-likeness (QED) is 0.206. The van der Waals surface area contributed by atoms with Crippen LogP contribution in [0.15, 0.2) is 152 Å². The first-order valence-corrected chi connectivity index (χ1v) is 14.6. The van der Waals surface area contributed by atoms with Crippen LogP contribution >= 0.6 is 0 Å². The van der Waals surface area contributed by atoms with Gasteiger partial charge >= 0.3 is 0 Å². The van der Waals surface area contributed by atoms with Gasteiger partial charge < -0.3 is 9.80 Å². The minimum atomic E-state index is -0.0229. The molecule has 0 aromatic heterocycles. The summed E-state index contributed by atoms with van der Waals surface area (Å²) in [5.74, 6) is 0. The lowest BCUT2D eigenvalue weighted by Crippen LogP contribution is -2.16. The summed E-state index contributed by atoms with van der Waals surface area (Å²) < 4.78 is 0. The van der Waals surface area contributed by atoms with Crippen LogP contribution < -0.4 is 9.80 Å². The number of hydrogen-bond donors (Lipinski definition) is 0.